The number of nitrogens with zero attached hydrogens (tertiary/aromatic N) is 3. The Labute approximate surface area is 166 Å². The molecule has 0 aliphatic rings. The van der Waals surface area contributed by atoms with Gasteiger partial charge in [0.2, 0.25) is 0 Å². The summed E-state index contributed by atoms with van der Waals surface area (Å²) in [6.45, 7) is 0. The van der Waals surface area contributed by atoms with Crippen LogP contribution in [0, 0.1) is 0 Å². The molecule has 0 saturated carbocycles. The lowest BCUT2D eigenvalue weighted by Crippen LogP contribution is -2.17. The third-order valence-corrected chi connectivity index (χ3v) is 4.11. The number of hydrogen-bond donors (Lipinski definition) is 0. The summed E-state index contributed by atoms with van der Waals surface area (Å²) in [4.78, 5) is 16.7. The van der Waals surface area contributed by atoms with Crippen LogP contribution in [-0.2, 0) is 11.0 Å². The predicted molar refractivity (Wildman–Crippen MR) is 98.0 cm³/mol. The Hall–Kier alpha value is -2.84. The van der Waals surface area contributed by atoms with Crippen molar-refractivity contribution in [3.05, 3.63) is 81.6 Å². The SMILES string of the molecule is O=C(O/N=C/c1ccc(Cl)cc1Cl)c1cnn(-c2ccccc2)c1C(F)(F)F. The van der Waals surface area contributed by atoms with E-state index in [1.165, 1.54) is 30.3 Å². The molecule has 3 rings (SSSR count). The van der Waals surface area contributed by atoms with Crippen LogP contribution in [0.5, 0.6) is 0 Å². The third-order valence-electron chi connectivity index (χ3n) is 3.55. The van der Waals surface area contributed by atoms with E-state index in [4.69, 9.17) is 23.2 Å². The minimum Gasteiger partial charge on any atom is -0.313 e. The van der Waals surface area contributed by atoms with Crippen molar-refractivity contribution in [1.82, 2.24) is 9.78 Å². The van der Waals surface area contributed by atoms with Crippen molar-refractivity contribution < 1.29 is 22.8 Å². The van der Waals surface area contributed by atoms with Crippen LogP contribution in [0.25, 0.3) is 5.69 Å². The molecule has 10 heteroatoms. The van der Waals surface area contributed by atoms with Gasteiger partial charge in [-0.15, -0.1) is 0 Å². The second-order valence-electron chi connectivity index (χ2n) is 5.43. The number of carbonyl (C=O) groups excluding carboxylic acids is 1. The number of carbonyl (C=O) groups is 1. The molecule has 5 nitrogen and oxygen atoms in total. The van der Waals surface area contributed by atoms with E-state index in [1.807, 2.05) is 0 Å². The van der Waals surface area contributed by atoms with Crippen LogP contribution in [0.15, 0.2) is 59.9 Å². The first-order valence-electron chi connectivity index (χ1n) is 7.68. The zero-order valence-electron chi connectivity index (χ0n) is 13.8. The van der Waals surface area contributed by atoms with Gasteiger partial charge in [-0.3, -0.25) is 0 Å². The summed E-state index contributed by atoms with van der Waals surface area (Å²) in [5, 5.41) is 7.71. The first-order valence-corrected chi connectivity index (χ1v) is 8.43. The normalized spacial score (nSPS) is 11.8. The second kappa shape index (κ2) is 8.04. The van der Waals surface area contributed by atoms with Crippen LogP contribution < -0.4 is 0 Å². The average molecular weight is 428 g/mol. The molecule has 1 aromatic heterocycles. The van der Waals surface area contributed by atoms with E-state index in [0.717, 1.165) is 12.4 Å². The van der Waals surface area contributed by atoms with Crippen molar-refractivity contribution in [2.75, 3.05) is 0 Å². The highest BCUT2D eigenvalue weighted by atomic mass is 35.5. The lowest BCUT2D eigenvalue weighted by atomic mass is 10.2. The summed E-state index contributed by atoms with van der Waals surface area (Å²) in [7, 11) is 0. The second-order valence-corrected chi connectivity index (χ2v) is 6.27. The molecule has 28 heavy (non-hydrogen) atoms. The number of para-hydroxylation sites is 1. The number of rotatable bonds is 4. The van der Waals surface area contributed by atoms with Crippen LogP contribution in [0.4, 0.5) is 13.2 Å². The molecule has 1 heterocycles. The van der Waals surface area contributed by atoms with Gasteiger partial charge in [-0.2, -0.15) is 18.3 Å². The minimum absolute atomic E-state index is 0.144. The number of oxime groups is 1. The van der Waals surface area contributed by atoms with Crippen LogP contribution in [-0.4, -0.2) is 22.0 Å². The molecule has 0 aliphatic carbocycles. The lowest BCUT2D eigenvalue weighted by Gasteiger charge is -2.11. The maximum Gasteiger partial charge on any atom is 0.434 e. The van der Waals surface area contributed by atoms with Gasteiger partial charge in [0.25, 0.3) is 0 Å². The van der Waals surface area contributed by atoms with Gasteiger partial charge in [0.1, 0.15) is 5.56 Å². The monoisotopic (exact) mass is 427 g/mol. The number of benzene rings is 2. The Morgan fingerprint density at radius 1 is 1.14 bits per heavy atom. The maximum absolute atomic E-state index is 13.5. The topological polar surface area (TPSA) is 56.5 Å². The van der Waals surface area contributed by atoms with Gasteiger partial charge in [-0.1, -0.05) is 52.6 Å². The molecule has 0 aliphatic heterocycles. The van der Waals surface area contributed by atoms with Crippen molar-refractivity contribution in [3.8, 4) is 5.69 Å². The Morgan fingerprint density at radius 3 is 2.50 bits per heavy atom. The summed E-state index contributed by atoms with van der Waals surface area (Å²) < 4.78 is 41.2. The summed E-state index contributed by atoms with van der Waals surface area (Å²) in [5.74, 6) is -1.31. The minimum atomic E-state index is -4.84. The van der Waals surface area contributed by atoms with Crippen molar-refractivity contribution in [1.29, 1.82) is 0 Å². The van der Waals surface area contributed by atoms with Gasteiger partial charge in [0.05, 0.1) is 23.1 Å². The Bertz CT molecular complexity index is 1030. The van der Waals surface area contributed by atoms with Gasteiger partial charge in [-0.25, -0.2) is 9.48 Å². The smallest absolute Gasteiger partial charge is 0.313 e. The first-order chi connectivity index (χ1) is 13.3. The Morgan fingerprint density at radius 2 is 1.86 bits per heavy atom. The maximum atomic E-state index is 13.5. The van der Waals surface area contributed by atoms with Crippen molar-refractivity contribution in [2.45, 2.75) is 6.18 Å². The van der Waals surface area contributed by atoms with Crippen LogP contribution >= 0.6 is 23.2 Å². The Kier molecular flexibility index (Phi) is 5.71. The van der Waals surface area contributed by atoms with Crippen molar-refractivity contribution in [3.63, 3.8) is 0 Å². The quantitative estimate of drug-likeness (QED) is 0.318. The van der Waals surface area contributed by atoms with Crippen molar-refractivity contribution in [2.24, 2.45) is 5.16 Å². The molecule has 2 aromatic carbocycles. The zero-order chi connectivity index (χ0) is 20.3. The molecule has 0 bridgehead atoms. The summed E-state index contributed by atoms with van der Waals surface area (Å²) in [6.07, 6.45) is -2.97. The summed E-state index contributed by atoms with van der Waals surface area (Å²) >= 11 is 11.7. The van der Waals surface area contributed by atoms with Gasteiger partial charge in [0.15, 0.2) is 5.69 Å². The third kappa shape index (κ3) is 4.35. The molecule has 144 valence electrons. The fourth-order valence-corrected chi connectivity index (χ4v) is 2.78. The van der Waals surface area contributed by atoms with Crippen LogP contribution in [0.2, 0.25) is 10.0 Å². The van der Waals surface area contributed by atoms with Gasteiger partial charge >= 0.3 is 12.1 Å². The lowest BCUT2D eigenvalue weighted by molar-refractivity contribution is -0.143. The van der Waals surface area contributed by atoms with Gasteiger partial charge in [-0.05, 0) is 24.3 Å². The molecule has 0 radical (unpaired) electrons. The fourth-order valence-electron chi connectivity index (χ4n) is 2.32. The van der Waals surface area contributed by atoms with E-state index in [2.05, 4.69) is 15.1 Å². The number of halogens is 5. The summed E-state index contributed by atoms with van der Waals surface area (Å²) in [6, 6.07) is 12.1. The highest BCUT2D eigenvalue weighted by molar-refractivity contribution is 6.36. The molecule has 0 saturated heterocycles. The largest absolute Gasteiger partial charge is 0.434 e. The average Bonchev–Trinajstić information content (AvgIpc) is 3.10. The molecule has 0 amide bonds. The number of hydrogen-bond acceptors (Lipinski definition) is 4. The molecule has 0 atom stereocenters. The number of aromatic nitrogens is 2. The van der Waals surface area contributed by atoms with Crippen molar-refractivity contribution >= 4 is 35.4 Å². The molecule has 0 unspecified atom stereocenters. The number of alkyl halides is 3. The highest BCUT2D eigenvalue weighted by Gasteiger charge is 2.41. The molecule has 0 N–H and O–H groups in total. The van der Waals surface area contributed by atoms with E-state index in [1.54, 1.807) is 18.2 Å². The van der Waals surface area contributed by atoms with Crippen LogP contribution in [0.3, 0.4) is 0 Å². The molecule has 0 spiro atoms. The first kappa shape index (κ1) is 19.9. The zero-order valence-corrected chi connectivity index (χ0v) is 15.3. The van der Waals surface area contributed by atoms with E-state index in [0.29, 0.717) is 15.3 Å². The molecular weight excluding hydrogens is 418 g/mol. The Balaban J connectivity index is 1.88. The predicted octanol–water partition coefficient (Wildman–Crippen LogP) is 5.39. The molecule has 0 fully saturated rings. The summed E-state index contributed by atoms with van der Waals surface area (Å²) in [5.41, 5.74) is -1.51. The molecular formula is C18H10Cl2F3N3O2. The standard InChI is InChI=1S/C18H10Cl2F3N3O2/c19-12-7-6-11(15(20)8-12)9-25-28-17(27)14-10-24-26(16(14)18(21,22)23)13-4-2-1-3-5-13/h1-10H/b25-9+. The van der Waals surface area contributed by atoms with E-state index in [9.17, 15) is 18.0 Å². The van der Waals surface area contributed by atoms with E-state index in [-0.39, 0.29) is 10.7 Å². The van der Waals surface area contributed by atoms with E-state index < -0.39 is 23.4 Å². The van der Waals surface area contributed by atoms with E-state index >= 15 is 0 Å². The van der Waals surface area contributed by atoms with Gasteiger partial charge in [0, 0.05) is 10.6 Å². The van der Waals surface area contributed by atoms with Gasteiger partial charge < -0.3 is 4.84 Å². The fraction of sp³-hybridized carbons (Fsp3) is 0.0556. The highest BCUT2D eigenvalue weighted by Crippen LogP contribution is 2.34. The molecule has 3 aromatic rings. The van der Waals surface area contributed by atoms with Crippen LogP contribution in [0.1, 0.15) is 21.6 Å².